The van der Waals surface area contributed by atoms with Gasteiger partial charge in [0.2, 0.25) is 27.7 Å². The number of carbonyl (C=O) groups excluding carboxylic acids is 3. The molecule has 29 heavy (non-hydrogen) atoms. The molecule has 0 bridgehead atoms. The number of amides is 3. The molecule has 0 aromatic heterocycles. The van der Waals surface area contributed by atoms with E-state index in [1.54, 1.807) is 35.2 Å². The quantitative estimate of drug-likeness (QED) is 0.670. The zero-order chi connectivity index (χ0) is 20.6. The Morgan fingerprint density at radius 1 is 0.897 bits per heavy atom. The van der Waals surface area contributed by atoms with Gasteiger partial charge in [-0.2, -0.15) is 4.31 Å². The second-order valence-corrected chi connectivity index (χ2v) is 9.80. The molecule has 3 amide bonds. The lowest BCUT2D eigenvalue weighted by molar-refractivity contribution is -0.147. The highest BCUT2D eigenvalue weighted by Crippen LogP contribution is 2.37. The van der Waals surface area contributed by atoms with Gasteiger partial charge in [0.25, 0.3) is 0 Å². The molecule has 2 atom stereocenters. The molecular formula is C20H25N3O5S. The van der Waals surface area contributed by atoms with Crippen LogP contribution in [-0.2, 0) is 24.4 Å². The number of sulfonamides is 1. The Kier molecular flexibility index (Phi) is 5.44. The Bertz CT molecular complexity index is 885. The van der Waals surface area contributed by atoms with Crippen LogP contribution in [0.3, 0.4) is 0 Å². The van der Waals surface area contributed by atoms with E-state index in [0.717, 1.165) is 30.6 Å². The predicted octanol–water partition coefficient (Wildman–Crippen LogP) is 0.695. The van der Waals surface area contributed by atoms with Crippen molar-refractivity contribution in [2.75, 3.05) is 32.7 Å². The molecule has 0 radical (unpaired) electrons. The van der Waals surface area contributed by atoms with Gasteiger partial charge in [-0.3, -0.25) is 19.3 Å². The lowest BCUT2D eigenvalue weighted by Crippen LogP contribution is -2.53. The van der Waals surface area contributed by atoms with E-state index in [4.69, 9.17) is 0 Å². The van der Waals surface area contributed by atoms with E-state index in [2.05, 4.69) is 0 Å². The van der Waals surface area contributed by atoms with E-state index in [0.29, 0.717) is 0 Å². The molecule has 3 fully saturated rings. The molecule has 2 saturated heterocycles. The number of hydrogen-bond acceptors (Lipinski definition) is 5. The average molecular weight is 420 g/mol. The van der Waals surface area contributed by atoms with Crippen LogP contribution in [0.15, 0.2) is 35.2 Å². The highest BCUT2D eigenvalue weighted by atomic mass is 32.2. The summed E-state index contributed by atoms with van der Waals surface area (Å²) in [6.07, 6.45) is 3.32. The molecular weight excluding hydrogens is 394 g/mol. The van der Waals surface area contributed by atoms with E-state index in [9.17, 15) is 22.8 Å². The van der Waals surface area contributed by atoms with Crippen LogP contribution in [0.25, 0.3) is 0 Å². The minimum Gasteiger partial charge on any atom is -0.338 e. The van der Waals surface area contributed by atoms with E-state index in [1.165, 1.54) is 4.31 Å². The van der Waals surface area contributed by atoms with Crippen molar-refractivity contribution in [1.82, 2.24) is 14.1 Å². The SMILES string of the molecule is O=C(CN1C(=O)[C@H]2CCCC[C@@H]2C1=O)N1CCN(S(=O)(=O)c2ccccc2)CC1. The maximum absolute atomic E-state index is 12.7. The first-order chi connectivity index (χ1) is 13.9. The molecule has 156 valence electrons. The van der Waals surface area contributed by atoms with Crippen molar-refractivity contribution in [3.63, 3.8) is 0 Å². The molecule has 1 aromatic rings. The number of carbonyl (C=O) groups is 3. The number of fused-ring (bicyclic) bond motifs is 1. The molecule has 1 saturated carbocycles. The minimum atomic E-state index is -3.59. The summed E-state index contributed by atoms with van der Waals surface area (Å²) in [5, 5.41) is 0. The summed E-state index contributed by atoms with van der Waals surface area (Å²) in [7, 11) is -3.59. The number of rotatable bonds is 4. The Hall–Kier alpha value is -2.26. The van der Waals surface area contributed by atoms with Crippen LogP contribution < -0.4 is 0 Å². The highest BCUT2D eigenvalue weighted by molar-refractivity contribution is 7.89. The summed E-state index contributed by atoms with van der Waals surface area (Å²) in [5.74, 6) is -1.28. The van der Waals surface area contributed by atoms with E-state index in [-0.39, 0.29) is 67.2 Å². The van der Waals surface area contributed by atoms with Gasteiger partial charge in [-0.15, -0.1) is 0 Å². The Morgan fingerprint density at radius 3 is 2.00 bits per heavy atom. The first-order valence-corrected chi connectivity index (χ1v) is 11.5. The van der Waals surface area contributed by atoms with Crippen LogP contribution in [0.5, 0.6) is 0 Å². The van der Waals surface area contributed by atoms with Gasteiger partial charge in [-0.1, -0.05) is 31.0 Å². The number of benzene rings is 1. The first-order valence-electron chi connectivity index (χ1n) is 10.1. The fourth-order valence-corrected chi connectivity index (χ4v) is 5.98. The molecule has 8 nitrogen and oxygen atoms in total. The van der Waals surface area contributed by atoms with Gasteiger partial charge in [0.15, 0.2) is 0 Å². The third-order valence-corrected chi connectivity index (χ3v) is 8.11. The lowest BCUT2D eigenvalue weighted by Gasteiger charge is -2.34. The zero-order valence-electron chi connectivity index (χ0n) is 16.2. The Balaban J connectivity index is 1.36. The second kappa shape index (κ2) is 7.87. The van der Waals surface area contributed by atoms with Crippen molar-refractivity contribution in [1.29, 1.82) is 0 Å². The van der Waals surface area contributed by atoms with Crippen LogP contribution in [-0.4, -0.2) is 73.0 Å². The highest BCUT2D eigenvalue weighted by Gasteiger charge is 2.48. The normalized spacial score (nSPS) is 25.9. The molecule has 0 spiro atoms. The third kappa shape index (κ3) is 3.69. The largest absolute Gasteiger partial charge is 0.338 e. The Labute approximate surface area is 170 Å². The van der Waals surface area contributed by atoms with Crippen molar-refractivity contribution in [2.45, 2.75) is 30.6 Å². The maximum Gasteiger partial charge on any atom is 0.243 e. The summed E-state index contributed by atoms with van der Waals surface area (Å²) in [6.45, 7) is 0.629. The zero-order valence-corrected chi connectivity index (χ0v) is 17.0. The molecule has 4 rings (SSSR count). The first kappa shape index (κ1) is 20.0. The van der Waals surface area contributed by atoms with Gasteiger partial charge in [0.05, 0.1) is 16.7 Å². The smallest absolute Gasteiger partial charge is 0.243 e. The number of hydrogen-bond donors (Lipinski definition) is 0. The Morgan fingerprint density at radius 2 is 1.45 bits per heavy atom. The number of nitrogens with zero attached hydrogens (tertiary/aromatic N) is 3. The van der Waals surface area contributed by atoms with E-state index in [1.807, 2.05) is 0 Å². The van der Waals surface area contributed by atoms with Gasteiger partial charge in [0, 0.05) is 26.2 Å². The predicted molar refractivity (Wildman–Crippen MR) is 104 cm³/mol. The van der Waals surface area contributed by atoms with Crippen LogP contribution in [0.1, 0.15) is 25.7 Å². The van der Waals surface area contributed by atoms with Crippen molar-refractivity contribution < 1.29 is 22.8 Å². The van der Waals surface area contributed by atoms with Crippen LogP contribution in [0, 0.1) is 11.8 Å². The molecule has 2 heterocycles. The van der Waals surface area contributed by atoms with Crippen molar-refractivity contribution in [3.8, 4) is 0 Å². The summed E-state index contributed by atoms with van der Waals surface area (Å²) < 4.78 is 26.8. The molecule has 0 unspecified atom stereocenters. The average Bonchev–Trinajstić information content (AvgIpc) is 2.99. The number of piperazine rings is 1. The van der Waals surface area contributed by atoms with E-state index >= 15 is 0 Å². The fourth-order valence-electron chi connectivity index (χ4n) is 4.54. The van der Waals surface area contributed by atoms with Crippen molar-refractivity contribution in [2.24, 2.45) is 11.8 Å². The molecule has 3 aliphatic rings. The molecule has 9 heteroatoms. The van der Waals surface area contributed by atoms with Crippen molar-refractivity contribution >= 4 is 27.7 Å². The summed E-state index contributed by atoms with van der Waals surface area (Å²) in [4.78, 5) is 40.7. The van der Waals surface area contributed by atoms with Gasteiger partial charge >= 0.3 is 0 Å². The van der Waals surface area contributed by atoms with Gasteiger partial charge in [-0.25, -0.2) is 8.42 Å². The second-order valence-electron chi connectivity index (χ2n) is 7.86. The van der Waals surface area contributed by atoms with E-state index < -0.39 is 10.0 Å². The fraction of sp³-hybridized carbons (Fsp3) is 0.550. The van der Waals surface area contributed by atoms with Gasteiger partial charge < -0.3 is 4.90 Å². The topological polar surface area (TPSA) is 95.1 Å². The van der Waals surface area contributed by atoms with Crippen molar-refractivity contribution in [3.05, 3.63) is 30.3 Å². The van der Waals surface area contributed by atoms with Crippen LogP contribution >= 0.6 is 0 Å². The summed E-state index contributed by atoms with van der Waals surface area (Å²) in [6, 6.07) is 8.21. The molecule has 2 aliphatic heterocycles. The number of imide groups is 1. The third-order valence-electron chi connectivity index (χ3n) is 6.20. The van der Waals surface area contributed by atoms with Crippen LogP contribution in [0.4, 0.5) is 0 Å². The lowest BCUT2D eigenvalue weighted by atomic mass is 9.81. The van der Waals surface area contributed by atoms with Gasteiger partial charge in [-0.05, 0) is 25.0 Å². The maximum atomic E-state index is 12.7. The molecule has 1 aliphatic carbocycles. The molecule has 0 N–H and O–H groups in total. The van der Waals surface area contributed by atoms with Crippen LogP contribution in [0.2, 0.25) is 0 Å². The summed E-state index contributed by atoms with van der Waals surface area (Å²) in [5.41, 5.74) is 0. The number of likely N-dealkylation sites (tertiary alicyclic amines) is 1. The summed E-state index contributed by atoms with van der Waals surface area (Å²) >= 11 is 0. The molecule has 1 aromatic carbocycles. The minimum absolute atomic E-state index is 0.191. The monoisotopic (exact) mass is 419 g/mol. The standard InChI is InChI=1S/C20H25N3O5S/c24-18(14-23-19(25)16-8-4-5-9-17(16)20(23)26)21-10-12-22(13-11-21)29(27,28)15-6-2-1-3-7-15/h1-3,6-7,16-17H,4-5,8-14H2/t16-,17-/m0/s1. The van der Waals surface area contributed by atoms with Gasteiger partial charge in [0.1, 0.15) is 6.54 Å².